The molecule has 10 heavy (non-hydrogen) atoms. The molecule has 0 saturated heterocycles. The molecule has 0 aliphatic carbocycles. The summed E-state index contributed by atoms with van der Waals surface area (Å²) in [4.78, 5) is 16.4. The Balaban J connectivity index is 2.43. The van der Waals surface area contributed by atoms with Gasteiger partial charge >= 0.3 is 0 Å². The number of rotatable bonds is 2. The van der Waals surface area contributed by atoms with Gasteiger partial charge in [0.15, 0.2) is 0 Å². The van der Waals surface area contributed by atoms with Gasteiger partial charge in [-0.3, -0.25) is 9.79 Å². The molecule has 0 aromatic carbocycles. The van der Waals surface area contributed by atoms with Crippen LogP contribution in [0.1, 0.15) is 6.92 Å². The summed E-state index contributed by atoms with van der Waals surface area (Å²) in [5, 5.41) is 0. The molecule has 4 heteroatoms. The zero-order valence-corrected chi connectivity index (χ0v) is 6.00. The summed E-state index contributed by atoms with van der Waals surface area (Å²) >= 11 is 0. The predicted octanol–water partition coefficient (Wildman–Crippen LogP) is -0.794. The second-order valence-corrected chi connectivity index (χ2v) is 2.32. The summed E-state index contributed by atoms with van der Waals surface area (Å²) in [7, 11) is 0. The molecule has 0 fully saturated rings. The van der Waals surface area contributed by atoms with Gasteiger partial charge in [0, 0.05) is 6.54 Å². The third-order valence-corrected chi connectivity index (χ3v) is 1.51. The lowest BCUT2D eigenvalue weighted by atomic mass is 10.5. The van der Waals surface area contributed by atoms with E-state index >= 15 is 0 Å². The van der Waals surface area contributed by atoms with Crippen molar-refractivity contribution >= 4 is 11.7 Å². The molecular weight excluding hydrogens is 130 g/mol. The summed E-state index contributed by atoms with van der Waals surface area (Å²) in [5.74, 6) is 0.621. The Bertz CT molecular complexity index is 176. The Morgan fingerprint density at radius 2 is 2.60 bits per heavy atom. The van der Waals surface area contributed by atoms with Crippen LogP contribution in [0.15, 0.2) is 4.99 Å². The van der Waals surface area contributed by atoms with Gasteiger partial charge in [-0.15, -0.1) is 0 Å². The lowest BCUT2D eigenvalue weighted by Crippen LogP contribution is -2.35. The molecule has 56 valence electrons. The predicted molar refractivity (Wildman–Crippen MR) is 38.7 cm³/mol. The number of amidine groups is 1. The third-order valence-electron chi connectivity index (χ3n) is 1.51. The van der Waals surface area contributed by atoms with Crippen molar-refractivity contribution < 1.29 is 4.79 Å². The van der Waals surface area contributed by atoms with Gasteiger partial charge in [-0.1, -0.05) is 0 Å². The van der Waals surface area contributed by atoms with E-state index in [0.29, 0.717) is 6.54 Å². The number of amides is 1. The molecule has 0 atom stereocenters. The van der Waals surface area contributed by atoms with Crippen LogP contribution >= 0.6 is 0 Å². The van der Waals surface area contributed by atoms with Gasteiger partial charge in [0.05, 0.1) is 18.9 Å². The van der Waals surface area contributed by atoms with E-state index < -0.39 is 0 Å². The Hall–Kier alpha value is -1.06. The minimum Gasteiger partial charge on any atom is -0.368 e. The summed E-state index contributed by atoms with van der Waals surface area (Å²) in [6.45, 7) is 3.80. The third kappa shape index (κ3) is 1.46. The number of carbonyl (C=O) groups excluding carboxylic acids is 1. The highest BCUT2D eigenvalue weighted by atomic mass is 16.1. The molecule has 0 aromatic rings. The number of primary amides is 1. The van der Waals surface area contributed by atoms with Gasteiger partial charge in [0.1, 0.15) is 0 Å². The number of aliphatic imine (C=N–C) groups is 1. The van der Waals surface area contributed by atoms with Crippen molar-refractivity contribution in [1.29, 1.82) is 0 Å². The van der Waals surface area contributed by atoms with Gasteiger partial charge in [0.25, 0.3) is 0 Å². The first kappa shape index (κ1) is 7.05. The van der Waals surface area contributed by atoms with Crippen LogP contribution in [0.2, 0.25) is 0 Å². The molecule has 1 aliphatic heterocycles. The van der Waals surface area contributed by atoms with Crippen LogP contribution in [0.25, 0.3) is 0 Å². The summed E-state index contributed by atoms with van der Waals surface area (Å²) in [6.07, 6.45) is 0. The van der Waals surface area contributed by atoms with Crippen LogP contribution in [-0.2, 0) is 4.79 Å². The fraction of sp³-hybridized carbons (Fsp3) is 0.667. The molecule has 1 heterocycles. The average Bonchev–Trinajstić information content (AvgIpc) is 2.15. The van der Waals surface area contributed by atoms with E-state index in [1.54, 1.807) is 0 Å². The molecule has 0 aromatic heterocycles. The molecule has 1 aliphatic rings. The van der Waals surface area contributed by atoms with E-state index in [1.807, 2.05) is 11.8 Å². The maximum Gasteiger partial charge on any atom is 0.236 e. The maximum absolute atomic E-state index is 10.4. The van der Waals surface area contributed by atoms with Gasteiger partial charge in [0.2, 0.25) is 5.91 Å². The van der Waals surface area contributed by atoms with Crippen molar-refractivity contribution in [3.8, 4) is 0 Å². The molecule has 2 N–H and O–H groups in total. The molecule has 4 nitrogen and oxygen atoms in total. The smallest absolute Gasteiger partial charge is 0.236 e. The minimum atomic E-state index is -0.295. The second kappa shape index (κ2) is 2.68. The van der Waals surface area contributed by atoms with Crippen LogP contribution in [0.5, 0.6) is 0 Å². The molecule has 0 saturated carbocycles. The van der Waals surface area contributed by atoms with E-state index in [0.717, 1.165) is 18.9 Å². The first-order chi connectivity index (χ1) is 4.70. The van der Waals surface area contributed by atoms with Crippen LogP contribution in [0.3, 0.4) is 0 Å². The van der Waals surface area contributed by atoms with Gasteiger partial charge in [-0.25, -0.2) is 0 Å². The van der Waals surface area contributed by atoms with Crippen LogP contribution in [0, 0.1) is 0 Å². The fourth-order valence-corrected chi connectivity index (χ4v) is 0.976. The number of hydrogen-bond donors (Lipinski definition) is 1. The number of carbonyl (C=O) groups is 1. The van der Waals surface area contributed by atoms with Gasteiger partial charge in [-0.05, 0) is 6.92 Å². The molecule has 1 rings (SSSR count). The van der Waals surface area contributed by atoms with Crippen molar-refractivity contribution in [2.24, 2.45) is 10.7 Å². The monoisotopic (exact) mass is 141 g/mol. The van der Waals surface area contributed by atoms with Crippen molar-refractivity contribution in [3.05, 3.63) is 0 Å². The largest absolute Gasteiger partial charge is 0.368 e. The van der Waals surface area contributed by atoms with E-state index in [2.05, 4.69) is 4.99 Å². The quantitative estimate of drug-likeness (QED) is 0.547. The SMILES string of the molecule is CC1=NCCN1CC(N)=O. The Morgan fingerprint density at radius 3 is 3.00 bits per heavy atom. The van der Waals surface area contributed by atoms with Crippen molar-refractivity contribution in [2.75, 3.05) is 19.6 Å². The number of hydrogen-bond acceptors (Lipinski definition) is 3. The highest BCUT2D eigenvalue weighted by Crippen LogP contribution is 1.98. The van der Waals surface area contributed by atoms with Gasteiger partial charge in [-0.2, -0.15) is 0 Å². The molecule has 1 amide bonds. The second-order valence-electron chi connectivity index (χ2n) is 2.32. The highest BCUT2D eigenvalue weighted by molar-refractivity contribution is 5.86. The lowest BCUT2D eigenvalue weighted by molar-refractivity contribution is -0.118. The molecule has 0 radical (unpaired) electrons. The number of nitrogens with zero attached hydrogens (tertiary/aromatic N) is 2. The Morgan fingerprint density at radius 1 is 1.90 bits per heavy atom. The van der Waals surface area contributed by atoms with E-state index in [1.165, 1.54) is 0 Å². The van der Waals surface area contributed by atoms with E-state index in [9.17, 15) is 4.79 Å². The van der Waals surface area contributed by atoms with Crippen molar-refractivity contribution in [1.82, 2.24) is 4.90 Å². The zero-order valence-electron chi connectivity index (χ0n) is 6.00. The van der Waals surface area contributed by atoms with Gasteiger partial charge < -0.3 is 10.6 Å². The first-order valence-corrected chi connectivity index (χ1v) is 3.24. The van der Waals surface area contributed by atoms with E-state index in [-0.39, 0.29) is 5.91 Å². The van der Waals surface area contributed by atoms with Crippen LogP contribution in [-0.4, -0.2) is 36.3 Å². The normalized spacial score (nSPS) is 17.3. The standard InChI is InChI=1S/C6H11N3O/c1-5-8-2-3-9(5)4-6(7)10/h2-4H2,1H3,(H2,7,10). The summed E-state index contributed by atoms with van der Waals surface area (Å²) < 4.78 is 0. The zero-order chi connectivity index (χ0) is 7.56. The van der Waals surface area contributed by atoms with Crippen LogP contribution < -0.4 is 5.73 Å². The molecule has 0 unspecified atom stereocenters. The topological polar surface area (TPSA) is 58.7 Å². The van der Waals surface area contributed by atoms with Crippen LogP contribution in [0.4, 0.5) is 0 Å². The first-order valence-electron chi connectivity index (χ1n) is 3.24. The molecular formula is C6H11N3O. The fourth-order valence-electron chi connectivity index (χ4n) is 0.976. The average molecular weight is 141 g/mol. The van der Waals surface area contributed by atoms with Crippen molar-refractivity contribution in [3.63, 3.8) is 0 Å². The summed E-state index contributed by atoms with van der Waals surface area (Å²) in [6, 6.07) is 0. The Kier molecular flexibility index (Phi) is 1.89. The Labute approximate surface area is 59.7 Å². The number of nitrogens with two attached hydrogens (primary N) is 1. The highest BCUT2D eigenvalue weighted by Gasteiger charge is 2.13. The summed E-state index contributed by atoms with van der Waals surface area (Å²) in [5.41, 5.74) is 5.00. The van der Waals surface area contributed by atoms with E-state index in [4.69, 9.17) is 5.73 Å². The maximum atomic E-state index is 10.4. The van der Waals surface area contributed by atoms with Crippen molar-refractivity contribution in [2.45, 2.75) is 6.92 Å². The molecule has 0 spiro atoms. The molecule has 0 bridgehead atoms. The lowest BCUT2D eigenvalue weighted by Gasteiger charge is -2.14. The minimum absolute atomic E-state index is 0.295.